The molecule has 1 unspecified atom stereocenters. The number of benzene rings is 1. The predicted octanol–water partition coefficient (Wildman–Crippen LogP) is 2.41. The van der Waals surface area contributed by atoms with Crippen molar-refractivity contribution in [3.8, 4) is 0 Å². The van der Waals surface area contributed by atoms with Crippen molar-refractivity contribution >= 4 is 5.84 Å². The molecule has 0 amide bonds. The van der Waals surface area contributed by atoms with Crippen molar-refractivity contribution in [3.05, 3.63) is 35.9 Å². The summed E-state index contributed by atoms with van der Waals surface area (Å²) in [5.74, 6) is 0.935. The van der Waals surface area contributed by atoms with E-state index in [0.29, 0.717) is 12.3 Å². The Balaban J connectivity index is 2.03. The summed E-state index contributed by atoms with van der Waals surface area (Å²) in [6, 6.07) is 10.5. The summed E-state index contributed by atoms with van der Waals surface area (Å²) >= 11 is 0. The van der Waals surface area contributed by atoms with Gasteiger partial charge >= 0.3 is 0 Å². The highest BCUT2D eigenvalue weighted by atomic mass is 16.5. The molecule has 0 radical (unpaired) electrons. The van der Waals surface area contributed by atoms with E-state index in [9.17, 15) is 0 Å². The first-order valence-electron chi connectivity index (χ1n) is 7.32. The smallest absolute Gasteiger partial charge is 0.0924 e. The minimum atomic E-state index is 0.191. The van der Waals surface area contributed by atoms with E-state index in [-0.39, 0.29) is 11.9 Å². The molecule has 1 aromatic rings. The molecule has 1 aromatic carbocycles. The van der Waals surface area contributed by atoms with Crippen LogP contribution in [-0.4, -0.2) is 37.5 Å². The lowest BCUT2D eigenvalue weighted by molar-refractivity contribution is 0.0506. The zero-order valence-corrected chi connectivity index (χ0v) is 12.2. The highest BCUT2D eigenvalue weighted by Crippen LogP contribution is 2.26. The maximum absolute atomic E-state index is 7.62. The third-order valence-electron chi connectivity index (χ3n) is 4.02. The zero-order valence-electron chi connectivity index (χ0n) is 12.2. The van der Waals surface area contributed by atoms with Gasteiger partial charge in [0.05, 0.1) is 5.84 Å². The van der Waals surface area contributed by atoms with Crippen molar-refractivity contribution in [1.82, 2.24) is 4.90 Å². The molecule has 0 aromatic heterocycles. The molecular weight excluding hydrogens is 250 g/mol. The molecule has 4 nitrogen and oxygen atoms in total. The van der Waals surface area contributed by atoms with Crippen LogP contribution < -0.4 is 5.73 Å². The summed E-state index contributed by atoms with van der Waals surface area (Å²) in [5.41, 5.74) is 6.87. The van der Waals surface area contributed by atoms with Gasteiger partial charge in [0.25, 0.3) is 0 Å². The molecule has 1 aliphatic heterocycles. The molecule has 0 spiro atoms. The molecule has 0 bridgehead atoms. The second-order valence-electron chi connectivity index (χ2n) is 5.65. The second kappa shape index (κ2) is 7.41. The van der Waals surface area contributed by atoms with E-state index < -0.39 is 0 Å². The van der Waals surface area contributed by atoms with Crippen LogP contribution in [0.3, 0.4) is 0 Å². The minimum Gasteiger partial charge on any atom is -0.388 e. The molecule has 110 valence electrons. The Morgan fingerprint density at radius 2 is 2.00 bits per heavy atom. The third-order valence-corrected chi connectivity index (χ3v) is 4.02. The number of amidine groups is 1. The normalized spacial score (nSPS) is 18.1. The Labute approximate surface area is 121 Å². The van der Waals surface area contributed by atoms with Crippen molar-refractivity contribution < 1.29 is 4.74 Å². The molecule has 20 heavy (non-hydrogen) atoms. The average Bonchev–Trinajstić information content (AvgIpc) is 2.46. The summed E-state index contributed by atoms with van der Waals surface area (Å²) in [7, 11) is 2.13. The standard InChI is InChI=1S/C16H25N3O/c1-19(12-13-7-9-20-10-8-13)15(11-16(17)18)14-5-3-2-4-6-14/h2-6,13,15H,7-12H2,1H3,(H3,17,18). The van der Waals surface area contributed by atoms with E-state index >= 15 is 0 Å². The third kappa shape index (κ3) is 4.32. The molecule has 1 aliphatic rings. The fourth-order valence-electron chi connectivity index (χ4n) is 2.88. The number of nitrogens with zero attached hydrogens (tertiary/aromatic N) is 1. The van der Waals surface area contributed by atoms with Gasteiger partial charge in [0.15, 0.2) is 0 Å². The summed E-state index contributed by atoms with van der Waals surface area (Å²) in [6.07, 6.45) is 2.85. The van der Waals surface area contributed by atoms with Crippen LogP contribution in [0.15, 0.2) is 30.3 Å². The Morgan fingerprint density at radius 1 is 1.35 bits per heavy atom. The highest BCUT2D eigenvalue weighted by molar-refractivity contribution is 5.77. The molecule has 0 aliphatic carbocycles. The molecule has 1 atom stereocenters. The number of hydrogen-bond donors (Lipinski definition) is 2. The average molecular weight is 275 g/mol. The van der Waals surface area contributed by atoms with E-state index in [1.54, 1.807) is 0 Å². The Hall–Kier alpha value is -1.39. The van der Waals surface area contributed by atoms with Crippen molar-refractivity contribution in [2.24, 2.45) is 11.7 Å². The van der Waals surface area contributed by atoms with Crippen LogP contribution in [0.2, 0.25) is 0 Å². The van der Waals surface area contributed by atoms with Crippen LogP contribution in [0.1, 0.15) is 30.9 Å². The van der Waals surface area contributed by atoms with Crippen LogP contribution in [0, 0.1) is 11.3 Å². The highest BCUT2D eigenvalue weighted by Gasteiger charge is 2.22. The summed E-state index contributed by atoms with van der Waals surface area (Å²) in [6.45, 7) is 2.79. The van der Waals surface area contributed by atoms with Gasteiger partial charge in [-0.3, -0.25) is 10.3 Å². The van der Waals surface area contributed by atoms with Gasteiger partial charge in [0.2, 0.25) is 0 Å². The van der Waals surface area contributed by atoms with Gasteiger partial charge < -0.3 is 10.5 Å². The minimum absolute atomic E-state index is 0.191. The largest absolute Gasteiger partial charge is 0.388 e. The van der Waals surface area contributed by atoms with Gasteiger partial charge in [-0.15, -0.1) is 0 Å². The summed E-state index contributed by atoms with van der Waals surface area (Å²) < 4.78 is 5.42. The van der Waals surface area contributed by atoms with Gasteiger partial charge in [-0.2, -0.15) is 0 Å². The maximum Gasteiger partial charge on any atom is 0.0924 e. The lowest BCUT2D eigenvalue weighted by atomic mass is 9.96. The SMILES string of the molecule is CN(CC1CCOCC1)C(CC(=N)N)c1ccccc1. The van der Waals surface area contributed by atoms with E-state index in [2.05, 4.69) is 24.1 Å². The molecule has 2 rings (SSSR count). The van der Waals surface area contributed by atoms with Gasteiger partial charge in [-0.1, -0.05) is 30.3 Å². The first kappa shape index (κ1) is 15.0. The van der Waals surface area contributed by atoms with Crippen LogP contribution in [0.5, 0.6) is 0 Å². The maximum atomic E-state index is 7.62. The summed E-state index contributed by atoms with van der Waals surface area (Å²) in [4.78, 5) is 2.34. The van der Waals surface area contributed by atoms with Crippen LogP contribution in [-0.2, 0) is 4.74 Å². The first-order valence-corrected chi connectivity index (χ1v) is 7.32. The number of hydrogen-bond acceptors (Lipinski definition) is 3. The van der Waals surface area contributed by atoms with E-state index in [1.165, 1.54) is 5.56 Å². The molecular formula is C16H25N3O. The van der Waals surface area contributed by atoms with Crippen LogP contribution >= 0.6 is 0 Å². The molecule has 1 fully saturated rings. The van der Waals surface area contributed by atoms with Crippen molar-refractivity contribution in [3.63, 3.8) is 0 Å². The van der Waals surface area contributed by atoms with E-state index in [4.69, 9.17) is 15.9 Å². The van der Waals surface area contributed by atoms with Gasteiger partial charge in [-0.05, 0) is 31.4 Å². The predicted molar refractivity (Wildman–Crippen MR) is 81.9 cm³/mol. The fraction of sp³-hybridized carbons (Fsp3) is 0.562. The summed E-state index contributed by atoms with van der Waals surface area (Å²) in [5, 5.41) is 7.62. The molecule has 1 heterocycles. The zero-order chi connectivity index (χ0) is 14.4. The lowest BCUT2D eigenvalue weighted by Crippen LogP contribution is -2.34. The molecule has 3 N–H and O–H groups in total. The molecule has 4 heteroatoms. The number of nitrogens with two attached hydrogens (primary N) is 1. The molecule has 0 saturated carbocycles. The Morgan fingerprint density at radius 3 is 2.60 bits per heavy atom. The topological polar surface area (TPSA) is 62.3 Å². The number of rotatable bonds is 6. The number of ether oxygens (including phenoxy) is 1. The van der Waals surface area contributed by atoms with Gasteiger partial charge in [0, 0.05) is 32.2 Å². The monoisotopic (exact) mass is 275 g/mol. The van der Waals surface area contributed by atoms with Gasteiger partial charge in [0.1, 0.15) is 0 Å². The fourth-order valence-corrected chi connectivity index (χ4v) is 2.88. The first-order chi connectivity index (χ1) is 9.66. The van der Waals surface area contributed by atoms with E-state index in [0.717, 1.165) is 32.6 Å². The van der Waals surface area contributed by atoms with Crippen molar-refractivity contribution in [2.75, 3.05) is 26.8 Å². The Bertz CT molecular complexity index is 415. The number of nitrogens with one attached hydrogen (secondary N) is 1. The quantitative estimate of drug-likeness (QED) is 0.619. The second-order valence-corrected chi connectivity index (χ2v) is 5.65. The van der Waals surface area contributed by atoms with Crippen LogP contribution in [0.25, 0.3) is 0 Å². The van der Waals surface area contributed by atoms with E-state index in [1.807, 2.05) is 18.2 Å². The van der Waals surface area contributed by atoms with Crippen molar-refractivity contribution in [2.45, 2.75) is 25.3 Å². The Kier molecular flexibility index (Phi) is 5.56. The van der Waals surface area contributed by atoms with Crippen molar-refractivity contribution in [1.29, 1.82) is 5.41 Å². The molecule has 1 saturated heterocycles. The van der Waals surface area contributed by atoms with Gasteiger partial charge in [-0.25, -0.2) is 0 Å². The van der Waals surface area contributed by atoms with Crippen LogP contribution in [0.4, 0.5) is 0 Å². The lowest BCUT2D eigenvalue weighted by Gasteiger charge is -2.33.